The van der Waals surface area contributed by atoms with Crippen LogP contribution in [0.25, 0.3) is 0 Å². The molecule has 1 saturated carbocycles. The Morgan fingerprint density at radius 1 is 1.43 bits per heavy atom. The highest BCUT2D eigenvalue weighted by Crippen LogP contribution is 2.47. The monoisotopic (exact) mass is 398 g/mol. The number of unbranched alkanes of at least 4 members (excludes halogenated alkanes) is 2. The maximum atomic E-state index is 15.0. The van der Waals surface area contributed by atoms with Gasteiger partial charge in [-0.2, -0.15) is 0 Å². The van der Waals surface area contributed by atoms with Crippen molar-refractivity contribution in [2.45, 2.75) is 83.3 Å². The van der Waals surface area contributed by atoms with Gasteiger partial charge in [-0.25, -0.2) is 4.39 Å². The fourth-order valence-electron chi connectivity index (χ4n) is 4.14. The summed E-state index contributed by atoms with van der Waals surface area (Å²) in [5, 5.41) is 20.7. The number of ether oxygens (including phenoxy) is 2. The summed E-state index contributed by atoms with van der Waals surface area (Å²) in [6.07, 6.45) is 7.21. The van der Waals surface area contributed by atoms with E-state index in [1.165, 1.54) is 7.11 Å². The Balaban J connectivity index is 1.93. The Morgan fingerprint density at radius 2 is 2.18 bits per heavy atom. The molecule has 1 aliphatic carbocycles. The second kappa shape index (κ2) is 11.0. The van der Waals surface area contributed by atoms with Crippen molar-refractivity contribution in [3.05, 3.63) is 24.0 Å². The van der Waals surface area contributed by atoms with E-state index in [9.17, 15) is 19.4 Å². The molecule has 1 heterocycles. The number of carbonyl (C=O) groups excluding carboxylic acids is 1. The smallest absolute Gasteiger partial charge is 0.305 e. The van der Waals surface area contributed by atoms with Gasteiger partial charge in [-0.3, -0.25) is 4.79 Å². The van der Waals surface area contributed by atoms with Crippen LogP contribution in [0.4, 0.5) is 4.39 Å². The SMILES string of the molecule is CCCCC(C)[C@@H](O)/C=C/[C@@H]1[C@H]2C(F)/C(=C/CCCC(=O)OC)O[C@@H]2C[C@H]1O. The first-order valence-electron chi connectivity index (χ1n) is 10.5. The molecule has 0 aromatic heterocycles. The lowest BCUT2D eigenvalue weighted by atomic mass is 9.88. The van der Waals surface area contributed by atoms with Crippen molar-refractivity contribution in [1.29, 1.82) is 0 Å². The van der Waals surface area contributed by atoms with Crippen LogP contribution in [0, 0.1) is 17.8 Å². The van der Waals surface area contributed by atoms with Crippen molar-refractivity contribution < 1.29 is 28.9 Å². The minimum absolute atomic E-state index is 0.136. The number of halogens is 1. The van der Waals surface area contributed by atoms with Crippen molar-refractivity contribution in [2.75, 3.05) is 7.11 Å². The standard InChI is InChI=1S/C22H35FO5/c1-4-5-8-14(2)16(24)12-11-15-17(25)13-19-21(15)22(23)18(28-19)9-6-7-10-20(26)27-3/h9,11-12,14-17,19,21-22,24-25H,4-8,10,13H2,1-3H3/b12-11+,18-9-/t14?,15-,16-,17+,19+,21+,22?/m0/s1. The highest BCUT2D eigenvalue weighted by Gasteiger charge is 2.53. The van der Waals surface area contributed by atoms with E-state index in [-0.39, 0.29) is 23.9 Å². The van der Waals surface area contributed by atoms with Crippen LogP contribution in [0.2, 0.25) is 0 Å². The molecule has 2 fully saturated rings. The summed E-state index contributed by atoms with van der Waals surface area (Å²) in [7, 11) is 1.35. The third kappa shape index (κ3) is 5.80. The van der Waals surface area contributed by atoms with Gasteiger partial charge in [0.25, 0.3) is 0 Å². The molecule has 2 N–H and O–H groups in total. The summed E-state index contributed by atoms with van der Waals surface area (Å²) in [6.45, 7) is 4.12. The summed E-state index contributed by atoms with van der Waals surface area (Å²) in [4.78, 5) is 11.1. The van der Waals surface area contributed by atoms with Gasteiger partial charge in [-0.05, 0) is 31.3 Å². The molecule has 0 radical (unpaired) electrons. The molecular weight excluding hydrogens is 363 g/mol. The predicted molar refractivity (Wildman–Crippen MR) is 105 cm³/mol. The Labute approximate surface area is 167 Å². The number of aliphatic hydroxyl groups excluding tert-OH is 2. The second-order valence-electron chi connectivity index (χ2n) is 8.09. The average molecular weight is 399 g/mol. The van der Waals surface area contributed by atoms with Crippen LogP contribution in [0.3, 0.4) is 0 Å². The summed E-state index contributed by atoms with van der Waals surface area (Å²) in [6, 6.07) is 0. The quantitative estimate of drug-likeness (QED) is 0.333. The van der Waals surface area contributed by atoms with E-state index < -0.39 is 24.3 Å². The van der Waals surface area contributed by atoms with Crippen LogP contribution in [0.15, 0.2) is 24.0 Å². The van der Waals surface area contributed by atoms with Gasteiger partial charge < -0.3 is 19.7 Å². The third-order valence-corrected chi connectivity index (χ3v) is 5.97. The normalized spacial score (nSPS) is 33.1. The minimum atomic E-state index is -1.27. The summed E-state index contributed by atoms with van der Waals surface area (Å²) < 4.78 is 25.3. The first-order chi connectivity index (χ1) is 13.4. The number of aliphatic hydroxyl groups is 2. The van der Waals surface area contributed by atoms with Gasteiger partial charge in [0.1, 0.15) is 11.9 Å². The molecule has 2 aliphatic rings. The molecule has 0 bridgehead atoms. The van der Waals surface area contributed by atoms with Crippen molar-refractivity contribution in [2.24, 2.45) is 17.8 Å². The summed E-state index contributed by atoms with van der Waals surface area (Å²) in [5.74, 6) is -0.636. The predicted octanol–water partition coefficient (Wildman–Crippen LogP) is 3.69. The number of alkyl halides is 1. The number of carbonyl (C=O) groups is 1. The van der Waals surface area contributed by atoms with E-state index in [0.717, 1.165) is 19.3 Å². The average Bonchev–Trinajstić information content (AvgIpc) is 3.15. The van der Waals surface area contributed by atoms with Crippen molar-refractivity contribution in [3.63, 3.8) is 0 Å². The van der Waals surface area contributed by atoms with Crippen molar-refractivity contribution >= 4 is 5.97 Å². The topological polar surface area (TPSA) is 76.0 Å². The molecule has 0 amide bonds. The lowest BCUT2D eigenvalue weighted by Crippen LogP contribution is -2.25. The fourth-order valence-corrected chi connectivity index (χ4v) is 4.14. The maximum Gasteiger partial charge on any atom is 0.305 e. The lowest BCUT2D eigenvalue weighted by Gasteiger charge is -2.20. The van der Waals surface area contributed by atoms with Gasteiger partial charge in [0.05, 0.1) is 19.3 Å². The van der Waals surface area contributed by atoms with Gasteiger partial charge in [0.2, 0.25) is 0 Å². The van der Waals surface area contributed by atoms with E-state index in [2.05, 4.69) is 11.7 Å². The molecular formula is C22H35FO5. The minimum Gasteiger partial charge on any atom is -0.491 e. The van der Waals surface area contributed by atoms with E-state index in [0.29, 0.717) is 31.4 Å². The number of allylic oxidation sites excluding steroid dienone is 2. The number of methoxy groups -OCH3 is 1. The van der Waals surface area contributed by atoms with E-state index in [1.807, 2.05) is 6.92 Å². The van der Waals surface area contributed by atoms with Crippen LogP contribution >= 0.6 is 0 Å². The number of hydrogen-bond acceptors (Lipinski definition) is 5. The zero-order chi connectivity index (χ0) is 20.7. The van der Waals surface area contributed by atoms with Crippen molar-refractivity contribution in [3.8, 4) is 0 Å². The van der Waals surface area contributed by atoms with Gasteiger partial charge in [-0.15, -0.1) is 0 Å². The number of esters is 1. The molecule has 2 rings (SSSR count). The maximum absolute atomic E-state index is 15.0. The van der Waals surface area contributed by atoms with Crippen LogP contribution < -0.4 is 0 Å². The first kappa shape index (κ1) is 22.9. The Morgan fingerprint density at radius 3 is 2.86 bits per heavy atom. The third-order valence-electron chi connectivity index (χ3n) is 5.97. The molecule has 28 heavy (non-hydrogen) atoms. The molecule has 0 spiro atoms. The number of rotatable bonds is 10. The lowest BCUT2D eigenvalue weighted by molar-refractivity contribution is -0.140. The fraction of sp³-hybridized carbons (Fsp3) is 0.773. The van der Waals surface area contributed by atoms with Crippen molar-refractivity contribution in [1.82, 2.24) is 0 Å². The molecule has 1 aliphatic heterocycles. The zero-order valence-electron chi connectivity index (χ0n) is 17.2. The van der Waals surface area contributed by atoms with Gasteiger partial charge in [0, 0.05) is 24.7 Å². The highest BCUT2D eigenvalue weighted by molar-refractivity contribution is 5.69. The van der Waals surface area contributed by atoms with Gasteiger partial charge in [0.15, 0.2) is 6.17 Å². The van der Waals surface area contributed by atoms with Crippen LogP contribution in [-0.2, 0) is 14.3 Å². The van der Waals surface area contributed by atoms with Gasteiger partial charge in [-0.1, -0.05) is 38.8 Å². The molecule has 1 saturated heterocycles. The number of fused-ring (bicyclic) bond motifs is 1. The van der Waals surface area contributed by atoms with E-state index in [1.54, 1.807) is 18.2 Å². The van der Waals surface area contributed by atoms with E-state index in [4.69, 9.17) is 4.74 Å². The zero-order valence-corrected chi connectivity index (χ0v) is 17.2. The molecule has 0 aromatic carbocycles. The molecule has 7 atom stereocenters. The van der Waals surface area contributed by atoms with Gasteiger partial charge >= 0.3 is 5.97 Å². The Kier molecular flexibility index (Phi) is 8.96. The summed E-state index contributed by atoms with van der Waals surface area (Å²) >= 11 is 0. The van der Waals surface area contributed by atoms with E-state index >= 15 is 0 Å². The molecule has 2 unspecified atom stereocenters. The van der Waals surface area contributed by atoms with Crippen LogP contribution in [0.5, 0.6) is 0 Å². The largest absolute Gasteiger partial charge is 0.491 e. The Hall–Kier alpha value is -1.40. The van der Waals surface area contributed by atoms with Crippen LogP contribution in [0.1, 0.15) is 58.8 Å². The number of hydrogen-bond donors (Lipinski definition) is 2. The molecule has 160 valence electrons. The summed E-state index contributed by atoms with van der Waals surface area (Å²) in [5.41, 5.74) is 0. The second-order valence-corrected chi connectivity index (χ2v) is 8.09. The molecule has 6 heteroatoms. The first-order valence-corrected chi connectivity index (χ1v) is 10.5. The Bertz CT molecular complexity index is 561. The van der Waals surface area contributed by atoms with Crippen LogP contribution in [-0.4, -0.2) is 47.8 Å². The molecule has 0 aromatic rings. The molecule has 5 nitrogen and oxygen atoms in total. The highest BCUT2D eigenvalue weighted by atomic mass is 19.1.